The lowest BCUT2D eigenvalue weighted by Gasteiger charge is -2.31. The Hall–Kier alpha value is -3.60. The number of piperazine rings is 1. The number of nitrogens with one attached hydrogen (secondary N) is 1. The van der Waals surface area contributed by atoms with E-state index >= 15 is 0 Å². The van der Waals surface area contributed by atoms with Crippen LogP contribution >= 0.6 is 11.3 Å². The van der Waals surface area contributed by atoms with E-state index in [-0.39, 0.29) is 17.6 Å². The molecule has 1 fully saturated rings. The van der Waals surface area contributed by atoms with Gasteiger partial charge in [0.25, 0.3) is 0 Å². The summed E-state index contributed by atoms with van der Waals surface area (Å²) in [5.74, 6) is 1.54. The van der Waals surface area contributed by atoms with Gasteiger partial charge in [-0.15, -0.1) is 0 Å². The third-order valence-corrected chi connectivity index (χ3v) is 8.34. The Bertz CT molecular complexity index is 1660. The SMILES string of the molecule is C[C@H]1CN(CCOc2ccc3c(n2)sc2nc(-c4ccc(CC(=O)Cc5cc(C(C)(C)C)on5)cc4)cn23)CCN1. The molecule has 0 amide bonds. The van der Waals surface area contributed by atoms with Crippen LogP contribution in [0.25, 0.3) is 26.6 Å². The quantitative estimate of drug-likeness (QED) is 0.266. The summed E-state index contributed by atoms with van der Waals surface area (Å²) < 4.78 is 13.5. The first-order chi connectivity index (χ1) is 19.7. The van der Waals surface area contributed by atoms with E-state index in [1.807, 2.05) is 48.7 Å². The number of imidazole rings is 1. The number of nitrogens with zero attached hydrogens (tertiary/aromatic N) is 5. The highest BCUT2D eigenvalue weighted by Gasteiger charge is 2.21. The summed E-state index contributed by atoms with van der Waals surface area (Å²) in [4.78, 5) is 26.4. The third kappa shape index (κ3) is 6.34. The van der Waals surface area contributed by atoms with E-state index in [1.165, 1.54) is 0 Å². The van der Waals surface area contributed by atoms with Gasteiger partial charge in [0, 0.05) is 67.9 Å². The highest BCUT2D eigenvalue weighted by Crippen LogP contribution is 2.30. The van der Waals surface area contributed by atoms with Crippen LogP contribution in [0.3, 0.4) is 0 Å². The highest BCUT2D eigenvalue weighted by molar-refractivity contribution is 7.23. The zero-order chi connectivity index (χ0) is 28.6. The van der Waals surface area contributed by atoms with E-state index in [9.17, 15) is 4.79 Å². The van der Waals surface area contributed by atoms with Gasteiger partial charge in [-0.2, -0.15) is 0 Å². The number of pyridine rings is 1. The molecule has 1 aliphatic rings. The molecule has 5 heterocycles. The van der Waals surface area contributed by atoms with Crippen molar-refractivity contribution in [3.8, 4) is 17.1 Å². The Balaban J connectivity index is 1.07. The monoisotopic (exact) mass is 572 g/mol. The van der Waals surface area contributed by atoms with Crippen LogP contribution in [0.1, 0.15) is 44.7 Å². The number of thiazole rings is 1. The largest absolute Gasteiger partial charge is 0.476 e. The normalized spacial score (nSPS) is 16.5. The fraction of sp³-hybridized carbons (Fsp3) is 0.419. The smallest absolute Gasteiger partial charge is 0.214 e. The Morgan fingerprint density at radius 3 is 2.73 bits per heavy atom. The molecule has 1 atom stereocenters. The first-order valence-electron chi connectivity index (χ1n) is 14.2. The summed E-state index contributed by atoms with van der Waals surface area (Å²) >= 11 is 1.55. The zero-order valence-electron chi connectivity index (χ0n) is 24.0. The number of hydrogen-bond donors (Lipinski definition) is 1. The molecule has 0 saturated carbocycles. The molecule has 9 nitrogen and oxygen atoms in total. The fourth-order valence-electron chi connectivity index (χ4n) is 5.12. The molecular weight excluding hydrogens is 536 g/mol. The van der Waals surface area contributed by atoms with Crippen molar-refractivity contribution in [3.05, 3.63) is 65.7 Å². The molecule has 1 aliphatic heterocycles. The van der Waals surface area contributed by atoms with Gasteiger partial charge in [-0.1, -0.05) is 61.5 Å². The molecule has 6 rings (SSSR count). The van der Waals surface area contributed by atoms with Crippen LogP contribution in [-0.4, -0.2) is 69.0 Å². The van der Waals surface area contributed by atoms with Crippen molar-refractivity contribution in [3.63, 3.8) is 0 Å². The van der Waals surface area contributed by atoms with Crippen molar-refractivity contribution >= 4 is 32.4 Å². The van der Waals surface area contributed by atoms with E-state index in [0.29, 0.717) is 30.6 Å². The van der Waals surface area contributed by atoms with Crippen LogP contribution in [0.5, 0.6) is 5.88 Å². The first kappa shape index (κ1) is 27.6. The van der Waals surface area contributed by atoms with Gasteiger partial charge in [0.15, 0.2) is 4.96 Å². The molecule has 0 unspecified atom stereocenters. The molecule has 1 aromatic carbocycles. The second kappa shape index (κ2) is 11.3. The van der Waals surface area contributed by atoms with E-state index in [4.69, 9.17) is 19.2 Å². The molecule has 0 spiro atoms. The van der Waals surface area contributed by atoms with Crippen LogP contribution in [0.15, 0.2) is 53.2 Å². The Labute approximate surface area is 243 Å². The summed E-state index contributed by atoms with van der Waals surface area (Å²) in [5.41, 5.74) is 4.42. The van der Waals surface area contributed by atoms with Crippen molar-refractivity contribution < 1.29 is 14.1 Å². The maximum atomic E-state index is 12.7. The van der Waals surface area contributed by atoms with Crippen LogP contribution in [0, 0.1) is 0 Å². The average Bonchev–Trinajstić information content (AvgIpc) is 3.64. The van der Waals surface area contributed by atoms with E-state index in [1.54, 1.807) is 11.3 Å². The molecule has 41 heavy (non-hydrogen) atoms. The summed E-state index contributed by atoms with van der Waals surface area (Å²) in [6, 6.07) is 14.4. The number of carbonyl (C=O) groups excluding carboxylic acids is 1. The lowest BCUT2D eigenvalue weighted by atomic mass is 9.93. The minimum absolute atomic E-state index is 0.106. The molecule has 1 saturated heterocycles. The molecule has 214 valence electrons. The first-order valence-corrected chi connectivity index (χ1v) is 15.0. The number of ketones is 1. The predicted octanol–water partition coefficient (Wildman–Crippen LogP) is 4.92. The summed E-state index contributed by atoms with van der Waals surface area (Å²) in [6.07, 6.45) is 2.66. The van der Waals surface area contributed by atoms with Gasteiger partial charge in [-0.3, -0.25) is 14.1 Å². The lowest BCUT2D eigenvalue weighted by Crippen LogP contribution is -2.50. The minimum Gasteiger partial charge on any atom is -0.476 e. The molecule has 0 bridgehead atoms. The number of aromatic nitrogens is 4. The molecule has 10 heteroatoms. The number of fused-ring (bicyclic) bond motifs is 3. The second-order valence-electron chi connectivity index (χ2n) is 11.9. The number of carbonyl (C=O) groups is 1. The number of benzene rings is 1. The van der Waals surface area contributed by atoms with E-state index < -0.39 is 0 Å². The molecule has 0 aliphatic carbocycles. The Morgan fingerprint density at radius 2 is 1.98 bits per heavy atom. The number of hydrogen-bond acceptors (Lipinski definition) is 9. The fourth-order valence-corrected chi connectivity index (χ4v) is 6.09. The van der Waals surface area contributed by atoms with Gasteiger partial charge in [0.05, 0.1) is 23.3 Å². The zero-order valence-corrected chi connectivity index (χ0v) is 24.8. The maximum absolute atomic E-state index is 12.7. The predicted molar refractivity (Wildman–Crippen MR) is 161 cm³/mol. The van der Waals surface area contributed by atoms with Crippen LogP contribution in [0.4, 0.5) is 0 Å². The summed E-state index contributed by atoms with van der Waals surface area (Å²) in [6.45, 7) is 13.0. The van der Waals surface area contributed by atoms with Crippen molar-refractivity contribution in [1.82, 2.24) is 29.7 Å². The van der Waals surface area contributed by atoms with E-state index in [0.717, 1.165) is 64.1 Å². The molecule has 4 aromatic heterocycles. The molecular formula is C31H36N6O3S. The third-order valence-electron chi connectivity index (χ3n) is 7.37. The van der Waals surface area contributed by atoms with Gasteiger partial charge in [-0.05, 0) is 18.6 Å². The van der Waals surface area contributed by atoms with Gasteiger partial charge >= 0.3 is 0 Å². The van der Waals surface area contributed by atoms with Gasteiger partial charge in [0.2, 0.25) is 5.88 Å². The Kier molecular flexibility index (Phi) is 7.63. The standard InChI is InChI=1S/C31H36N6O3S/c1-20-18-36(12-11-32-20)13-14-39-28-10-9-26-29(34-28)41-30-33-25(19-37(26)30)22-7-5-21(6-8-22)15-24(38)16-23-17-27(40-35-23)31(2,3)4/h5-10,17,19-20,32H,11-16,18H2,1-4H3/t20-/m0/s1. The summed E-state index contributed by atoms with van der Waals surface area (Å²) in [7, 11) is 0. The molecule has 1 N–H and O–H groups in total. The minimum atomic E-state index is -0.129. The molecule has 5 aromatic rings. The number of ether oxygens (including phenoxy) is 1. The van der Waals surface area contributed by atoms with Gasteiger partial charge in [0.1, 0.15) is 23.0 Å². The van der Waals surface area contributed by atoms with E-state index in [2.05, 4.69) is 47.5 Å². The van der Waals surface area contributed by atoms with Crippen LogP contribution in [0.2, 0.25) is 0 Å². The van der Waals surface area contributed by atoms with Crippen LogP contribution < -0.4 is 10.1 Å². The summed E-state index contributed by atoms with van der Waals surface area (Å²) in [5, 5.41) is 7.54. The van der Waals surface area contributed by atoms with Crippen molar-refractivity contribution in [2.75, 3.05) is 32.8 Å². The van der Waals surface area contributed by atoms with Gasteiger partial charge < -0.3 is 14.6 Å². The Morgan fingerprint density at radius 1 is 1.15 bits per heavy atom. The molecule has 0 radical (unpaired) electrons. The van der Waals surface area contributed by atoms with Crippen molar-refractivity contribution in [2.45, 2.75) is 52.0 Å². The lowest BCUT2D eigenvalue weighted by molar-refractivity contribution is -0.117. The van der Waals surface area contributed by atoms with Crippen molar-refractivity contribution in [2.24, 2.45) is 0 Å². The second-order valence-corrected chi connectivity index (χ2v) is 12.8. The number of rotatable bonds is 9. The maximum Gasteiger partial charge on any atom is 0.214 e. The van der Waals surface area contributed by atoms with Crippen LogP contribution in [-0.2, 0) is 23.1 Å². The van der Waals surface area contributed by atoms with Gasteiger partial charge in [-0.25, -0.2) is 9.97 Å². The van der Waals surface area contributed by atoms with Crippen molar-refractivity contribution in [1.29, 1.82) is 0 Å². The highest BCUT2D eigenvalue weighted by atomic mass is 32.1. The average molecular weight is 573 g/mol. The topological polar surface area (TPSA) is 97.8 Å². The number of Topliss-reactive ketones (excluding diaryl/α,β-unsaturated/α-hetero) is 1.